The minimum Gasteiger partial charge on any atom is -0.215 e. The topological polar surface area (TPSA) is 43.6 Å². The number of nitrogens with zero attached hydrogens (tertiary/aromatic N) is 4. The number of tetrazole rings is 1. The maximum atomic E-state index is 4.24. The van der Waals surface area contributed by atoms with Gasteiger partial charge in [0, 0.05) is 0 Å². The minimum absolute atomic E-state index is 0.149. The van der Waals surface area contributed by atoms with Crippen LogP contribution in [-0.2, 0) is 5.54 Å². The summed E-state index contributed by atoms with van der Waals surface area (Å²) in [5, 5.41) is 13.3. The number of hydrogen-bond acceptors (Lipinski definition) is 4. The fraction of sp³-hybridized carbons (Fsp3) is 0.278. The molecule has 0 aliphatic heterocycles. The first-order chi connectivity index (χ1) is 11.1. The van der Waals surface area contributed by atoms with E-state index in [9.17, 15) is 0 Å². The van der Waals surface area contributed by atoms with Gasteiger partial charge in [0.05, 0.1) is 10.8 Å². The molecule has 5 heteroatoms. The molecule has 0 spiro atoms. The zero-order valence-electron chi connectivity index (χ0n) is 13.5. The zero-order valence-corrected chi connectivity index (χ0v) is 14.4. The number of aromatic nitrogens is 4. The third-order valence-corrected chi connectivity index (χ3v) is 4.75. The predicted octanol–water partition coefficient (Wildman–Crippen LogP) is 4.31. The standard InChI is InChI=1S/C18H20N4S/c1-18(2,3)22-17(19-20-21-22)23-16(14-10-6-4-7-11-14)15-12-8-5-9-13-15/h4-13,16H,1-3H3. The van der Waals surface area contributed by atoms with Crippen molar-refractivity contribution in [2.45, 2.75) is 36.7 Å². The molecule has 0 saturated carbocycles. The van der Waals surface area contributed by atoms with Crippen LogP contribution in [0.25, 0.3) is 0 Å². The third kappa shape index (κ3) is 3.62. The lowest BCUT2D eigenvalue weighted by molar-refractivity contribution is 0.321. The van der Waals surface area contributed by atoms with E-state index in [0.29, 0.717) is 0 Å². The monoisotopic (exact) mass is 324 g/mol. The van der Waals surface area contributed by atoms with Crippen LogP contribution in [0.5, 0.6) is 0 Å². The highest BCUT2D eigenvalue weighted by molar-refractivity contribution is 7.99. The van der Waals surface area contributed by atoms with Crippen LogP contribution in [0.1, 0.15) is 37.1 Å². The molecular weight excluding hydrogens is 304 g/mol. The molecule has 0 bridgehead atoms. The lowest BCUT2D eigenvalue weighted by Gasteiger charge is -2.22. The summed E-state index contributed by atoms with van der Waals surface area (Å²) < 4.78 is 1.89. The molecule has 1 aromatic heterocycles. The molecule has 3 aromatic rings. The summed E-state index contributed by atoms with van der Waals surface area (Å²) in [7, 11) is 0. The van der Waals surface area contributed by atoms with E-state index in [4.69, 9.17) is 0 Å². The second-order valence-corrected chi connectivity index (χ2v) is 7.44. The Morgan fingerprint density at radius 3 is 1.87 bits per heavy atom. The van der Waals surface area contributed by atoms with Crippen LogP contribution in [0.3, 0.4) is 0 Å². The van der Waals surface area contributed by atoms with Gasteiger partial charge in [0.2, 0.25) is 5.16 Å². The van der Waals surface area contributed by atoms with Gasteiger partial charge in [-0.15, -0.1) is 5.10 Å². The Morgan fingerprint density at radius 1 is 0.870 bits per heavy atom. The Morgan fingerprint density at radius 2 is 1.39 bits per heavy atom. The van der Waals surface area contributed by atoms with E-state index < -0.39 is 0 Å². The molecule has 118 valence electrons. The van der Waals surface area contributed by atoms with Crippen molar-refractivity contribution in [2.24, 2.45) is 0 Å². The van der Waals surface area contributed by atoms with Gasteiger partial charge in [-0.2, -0.15) is 0 Å². The van der Waals surface area contributed by atoms with E-state index in [1.807, 2.05) is 16.8 Å². The molecule has 0 N–H and O–H groups in total. The SMILES string of the molecule is CC(C)(C)n1nnnc1SC(c1ccccc1)c1ccccc1. The molecule has 0 aliphatic carbocycles. The summed E-state index contributed by atoms with van der Waals surface area (Å²) in [6.07, 6.45) is 0. The first-order valence-electron chi connectivity index (χ1n) is 7.61. The smallest absolute Gasteiger partial charge is 0.210 e. The number of hydrogen-bond donors (Lipinski definition) is 0. The van der Waals surface area contributed by atoms with Gasteiger partial charge in [-0.25, -0.2) is 4.68 Å². The van der Waals surface area contributed by atoms with Crippen molar-refractivity contribution in [1.82, 2.24) is 20.2 Å². The minimum atomic E-state index is -0.149. The lowest BCUT2D eigenvalue weighted by Crippen LogP contribution is -2.24. The van der Waals surface area contributed by atoms with Gasteiger partial charge in [0.1, 0.15) is 0 Å². The maximum Gasteiger partial charge on any atom is 0.210 e. The van der Waals surface area contributed by atoms with Crippen LogP contribution in [0.15, 0.2) is 65.8 Å². The predicted molar refractivity (Wildman–Crippen MR) is 93.4 cm³/mol. The Hall–Kier alpha value is -2.14. The van der Waals surface area contributed by atoms with E-state index in [-0.39, 0.29) is 10.8 Å². The molecule has 0 amide bonds. The second kappa shape index (κ2) is 6.54. The molecule has 0 radical (unpaired) electrons. The molecule has 0 aliphatic rings. The molecule has 0 atom stereocenters. The number of benzene rings is 2. The van der Waals surface area contributed by atoms with Crippen molar-refractivity contribution in [3.05, 3.63) is 71.8 Å². The quantitative estimate of drug-likeness (QED) is 0.671. The summed E-state index contributed by atoms with van der Waals surface area (Å²) in [4.78, 5) is 0. The van der Waals surface area contributed by atoms with Gasteiger partial charge in [-0.1, -0.05) is 72.4 Å². The maximum absolute atomic E-state index is 4.24. The largest absolute Gasteiger partial charge is 0.215 e. The van der Waals surface area contributed by atoms with Crippen LogP contribution >= 0.6 is 11.8 Å². The molecule has 2 aromatic carbocycles. The molecule has 3 rings (SSSR count). The van der Waals surface area contributed by atoms with Gasteiger partial charge < -0.3 is 0 Å². The summed E-state index contributed by atoms with van der Waals surface area (Å²) in [5.41, 5.74) is 2.34. The Kier molecular flexibility index (Phi) is 4.48. The van der Waals surface area contributed by atoms with Crippen molar-refractivity contribution in [1.29, 1.82) is 0 Å². The summed E-state index contributed by atoms with van der Waals surface area (Å²) in [6.45, 7) is 6.31. The summed E-state index contributed by atoms with van der Waals surface area (Å²) in [5.74, 6) is 0. The molecule has 0 fully saturated rings. The first kappa shape index (κ1) is 15.7. The van der Waals surface area contributed by atoms with Gasteiger partial charge >= 0.3 is 0 Å². The Balaban J connectivity index is 2.00. The zero-order chi connectivity index (χ0) is 16.3. The van der Waals surface area contributed by atoms with Crippen LogP contribution in [0.4, 0.5) is 0 Å². The van der Waals surface area contributed by atoms with Crippen molar-refractivity contribution >= 4 is 11.8 Å². The fourth-order valence-electron chi connectivity index (χ4n) is 2.36. The van der Waals surface area contributed by atoms with E-state index >= 15 is 0 Å². The summed E-state index contributed by atoms with van der Waals surface area (Å²) >= 11 is 1.68. The number of rotatable bonds is 4. The molecule has 0 unspecified atom stereocenters. The van der Waals surface area contributed by atoms with Crippen LogP contribution in [-0.4, -0.2) is 20.2 Å². The van der Waals surface area contributed by atoms with Crippen LogP contribution in [0.2, 0.25) is 0 Å². The highest BCUT2D eigenvalue weighted by Gasteiger charge is 2.24. The van der Waals surface area contributed by atoms with Gasteiger partial charge in [0.25, 0.3) is 0 Å². The molecule has 4 nitrogen and oxygen atoms in total. The van der Waals surface area contributed by atoms with Crippen LogP contribution < -0.4 is 0 Å². The fourth-order valence-corrected chi connectivity index (χ4v) is 3.65. The van der Waals surface area contributed by atoms with Crippen molar-refractivity contribution in [3.63, 3.8) is 0 Å². The van der Waals surface area contributed by atoms with E-state index in [0.717, 1.165) is 5.16 Å². The van der Waals surface area contributed by atoms with E-state index in [1.165, 1.54) is 11.1 Å². The average Bonchev–Trinajstić information content (AvgIpc) is 3.03. The Bertz CT molecular complexity index is 708. The molecular formula is C18H20N4S. The highest BCUT2D eigenvalue weighted by Crippen LogP contribution is 2.40. The molecule has 0 saturated heterocycles. The molecule has 1 heterocycles. The third-order valence-electron chi connectivity index (χ3n) is 3.50. The second-order valence-electron chi connectivity index (χ2n) is 6.36. The van der Waals surface area contributed by atoms with Crippen molar-refractivity contribution < 1.29 is 0 Å². The highest BCUT2D eigenvalue weighted by atomic mass is 32.2. The van der Waals surface area contributed by atoms with Gasteiger partial charge in [-0.05, 0) is 42.3 Å². The van der Waals surface area contributed by atoms with Gasteiger partial charge in [-0.3, -0.25) is 0 Å². The first-order valence-corrected chi connectivity index (χ1v) is 8.49. The van der Waals surface area contributed by atoms with E-state index in [2.05, 4.69) is 84.8 Å². The van der Waals surface area contributed by atoms with Gasteiger partial charge in [0.15, 0.2) is 0 Å². The van der Waals surface area contributed by atoms with E-state index in [1.54, 1.807) is 11.8 Å². The van der Waals surface area contributed by atoms with Crippen molar-refractivity contribution in [2.75, 3.05) is 0 Å². The van der Waals surface area contributed by atoms with Crippen molar-refractivity contribution in [3.8, 4) is 0 Å². The lowest BCUT2D eigenvalue weighted by atomic mass is 10.0. The van der Waals surface area contributed by atoms with Crippen LogP contribution in [0, 0.1) is 0 Å². The Labute approximate surface area is 140 Å². The molecule has 23 heavy (non-hydrogen) atoms. The normalized spacial score (nSPS) is 11.8. The average molecular weight is 324 g/mol. The number of thioether (sulfide) groups is 1. The summed E-state index contributed by atoms with van der Waals surface area (Å²) in [6, 6.07) is 20.9.